The van der Waals surface area contributed by atoms with Gasteiger partial charge in [-0.2, -0.15) is 18.2 Å². The molecule has 1 unspecified atom stereocenters. The molecule has 0 spiro atoms. The molecule has 1 amide bonds. The molecule has 150 valence electrons. The van der Waals surface area contributed by atoms with Crippen molar-refractivity contribution in [1.82, 2.24) is 20.3 Å². The third kappa shape index (κ3) is 3.27. The molecule has 7 nitrogen and oxygen atoms in total. The SMILES string of the molecule is CNc1nc(Nc2sc(C3(C)CCNC3=O)nc2C2CC2)ncc1C(F)(F)F. The van der Waals surface area contributed by atoms with Gasteiger partial charge in [0.25, 0.3) is 0 Å². The van der Waals surface area contributed by atoms with Crippen LogP contribution in [-0.2, 0) is 16.4 Å². The van der Waals surface area contributed by atoms with Crippen molar-refractivity contribution >= 4 is 34.0 Å². The lowest BCUT2D eigenvalue weighted by Gasteiger charge is -2.16. The molecule has 0 bridgehead atoms. The van der Waals surface area contributed by atoms with Crippen molar-refractivity contribution in [2.24, 2.45) is 0 Å². The van der Waals surface area contributed by atoms with E-state index in [0.29, 0.717) is 28.9 Å². The first kappa shape index (κ1) is 18.9. The maximum atomic E-state index is 13.0. The molecule has 2 aromatic rings. The zero-order valence-electron chi connectivity index (χ0n) is 15.3. The first-order chi connectivity index (χ1) is 13.2. The molecule has 1 aliphatic heterocycles. The molecule has 2 aliphatic rings. The molecule has 28 heavy (non-hydrogen) atoms. The highest BCUT2D eigenvalue weighted by Gasteiger charge is 2.44. The van der Waals surface area contributed by atoms with Gasteiger partial charge >= 0.3 is 6.18 Å². The molecule has 4 rings (SSSR count). The number of carbonyl (C=O) groups excluding carboxylic acids is 1. The van der Waals surface area contributed by atoms with Crippen LogP contribution in [0.15, 0.2) is 6.20 Å². The summed E-state index contributed by atoms with van der Waals surface area (Å²) in [7, 11) is 1.38. The number of halogens is 3. The van der Waals surface area contributed by atoms with Crippen LogP contribution in [0.1, 0.15) is 48.4 Å². The fraction of sp³-hybridized carbons (Fsp3) is 0.529. The summed E-state index contributed by atoms with van der Waals surface area (Å²) in [5.74, 6) is -0.0162. The van der Waals surface area contributed by atoms with Crippen molar-refractivity contribution in [1.29, 1.82) is 0 Å². The number of anilines is 3. The number of amides is 1. The lowest BCUT2D eigenvalue weighted by Crippen LogP contribution is -2.32. The minimum Gasteiger partial charge on any atom is -0.372 e. The van der Waals surface area contributed by atoms with E-state index in [1.165, 1.54) is 18.4 Å². The van der Waals surface area contributed by atoms with Gasteiger partial charge in [0.15, 0.2) is 0 Å². The van der Waals surface area contributed by atoms with Gasteiger partial charge in [-0.25, -0.2) is 9.97 Å². The number of nitrogens with one attached hydrogen (secondary N) is 3. The van der Waals surface area contributed by atoms with E-state index in [-0.39, 0.29) is 17.7 Å². The third-order valence-electron chi connectivity index (χ3n) is 5.06. The molecular weight excluding hydrogens is 393 g/mol. The zero-order valence-corrected chi connectivity index (χ0v) is 16.1. The minimum atomic E-state index is -4.54. The second-order valence-electron chi connectivity index (χ2n) is 7.17. The van der Waals surface area contributed by atoms with Crippen LogP contribution in [0.4, 0.5) is 29.9 Å². The Morgan fingerprint density at radius 1 is 1.32 bits per heavy atom. The fourth-order valence-electron chi connectivity index (χ4n) is 3.17. The lowest BCUT2D eigenvalue weighted by molar-refractivity contribution is -0.137. The highest BCUT2D eigenvalue weighted by Crippen LogP contribution is 2.48. The Morgan fingerprint density at radius 3 is 2.64 bits per heavy atom. The first-order valence-corrected chi connectivity index (χ1v) is 9.72. The molecule has 1 aliphatic carbocycles. The number of nitrogens with zero attached hydrogens (tertiary/aromatic N) is 3. The first-order valence-electron chi connectivity index (χ1n) is 8.91. The molecule has 1 saturated heterocycles. The second-order valence-corrected chi connectivity index (χ2v) is 8.17. The van der Waals surface area contributed by atoms with Gasteiger partial charge in [-0.1, -0.05) is 11.3 Å². The molecule has 3 N–H and O–H groups in total. The second kappa shape index (κ2) is 6.57. The van der Waals surface area contributed by atoms with E-state index >= 15 is 0 Å². The van der Waals surface area contributed by atoms with E-state index in [1.807, 2.05) is 6.92 Å². The van der Waals surface area contributed by atoms with Crippen molar-refractivity contribution in [2.45, 2.75) is 43.7 Å². The predicted octanol–water partition coefficient (Wildman–Crippen LogP) is 3.39. The number of rotatable bonds is 5. The normalized spacial score (nSPS) is 22.2. The maximum absolute atomic E-state index is 13.0. The van der Waals surface area contributed by atoms with Gasteiger partial charge in [-0.3, -0.25) is 4.79 Å². The van der Waals surface area contributed by atoms with Crippen LogP contribution in [0.3, 0.4) is 0 Å². The number of aromatic nitrogens is 3. The lowest BCUT2D eigenvalue weighted by atomic mass is 9.90. The van der Waals surface area contributed by atoms with Crippen LogP contribution in [0.25, 0.3) is 0 Å². The molecule has 3 heterocycles. The molecule has 2 aromatic heterocycles. The van der Waals surface area contributed by atoms with Crippen molar-refractivity contribution in [2.75, 3.05) is 24.2 Å². The van der Waals surface area contributed by atoms with Crippen LogP contribution >= 0.6 is 11.3 Å². The zero-order chi connectivity index (χ0) is 20.1. The molecule has 2 fully saturated rings. The number of thiazole rings is 1. The summed E-state index contributed by atoms with van der Waals surface area (Å²) < 4.78 is 39.1. The van der Waals surface area contributed by atoms with Crippen LogP contribution in [0.2, 0.25) is 0 Å². The van der Waals surface area contributed by atoms with Gasteiger partial charge in [-0.05, 0) is 26.2 Å². The van der Waals surface area contributed by atoms with Crippen LogP contribution in [0.5, 0.6) is 0 Å². The van der Waals surface area contributed by atoms with Crippen LogP contribution < -0.4 is 16.0 Å². The fourth-order valence-corrected chi connectivity index (χ4v) is 4.39. The Kier molecular flexibility index (Phi) is 4.44. The number of carbonyl (C=O) groups is 1. The van der Waals surface area contributed by atoms with Crippen molar-refractivity contribution in [3.05, 3.63) is 22.5 Å². The van der Waals surface area contributed by atoms with Gasteiger partial charge in [0.2, 0.25) is 11.9 Å². The largest absolute Gasteiger partial charge is 0.421 e. The smallest absolute Gasteiger partial charge is 0.372 e. The summed E-state index contributed by atoms with van der Waals surface area (Å²) in [6.07, 6.45) is -1.14. The topological polar surface area (TPSA) is 91.8 Å². The Balaban J connectivity index is 1.67. The highest BCUT2D eigenvalue weighted by molar-refractivity contribution is 7.16. The van der Waals surface area contributed by atoms with E-state index < -0.39 is 17.2 Å². The standard InChI is InChI=1S/C17H19F3N6OS/c1-16(5-6-22-13(16)27)14-24-10(8-3-4-8)12(28-14)26-15-23-7-9(17(18,19)20)11(21-2)25-15/h7-8H,3-6H2,1-2H3,(H,22,27)(H2,21,23,25,26). The van der Waals surface area contributed by atoms with Crippen molar-refractivity contribution < 1.29 is 18.0 Å². The maximum Gasteiger partial charge on any atom is 0.421 e. The van der Waals surface area contributed by atoms with E-state index in [2.05, 4.69) is 25.9 Å². The van der Waals surface area contributed by atoms with Crippen LogP contribution in [0, 0.1) is 0 Å². The predicted molar refractivity (Wildman–Crippen MR) is 98.9 cm³/mol. The van der Waals surface area contributed by atoms with E-state index in [4.69, 9.17) is 4.98 Å². The van der Waals surface area contributed by atoms with Gasteiger partial charge in [0.05, 0.1) is 11.1 Å². The summed E-state index contributed by atoms with van der Waals surface area (Å²) >= 11 is 1.34. The van der Waals surface area contributed by atoms with Gasteiger partial charge < -0.3 is 16.0 Å². The average molecular weight is 412 g/mol. The Morgan fingerprint density at radius 2 is 2.07 bits per heavy atom. The Hall–Kier alpha value is -2.43. The average Bonchev–Trinajstić information content (AvgIpc) is 3.31. The molecule has 1 saturated carbocycles. The van der Waals surface area contributed by atoms with Gasteiger partial charge in [-0.15, -0.1) is 0 Å². The van der Waals surface area contributed by atoms with E-state index in [1.54, 1.807) is 0 Å². The number of hydrogen-bond donors (Lipinski definition) is 3. The monoisotopic (exact) mass is 412 g/mol. The molecule has 11 heteroatoms. The summed E-state index contributed by atoms with van der Waals surface area (Å²) in [6.45, 7) is 2.46. The highest BCUT2D eigenvalue weighted by atomic mass is 32.1. The van der Waals surface area contributed by atoms with E-state index in [0.717, 1.165) is 24.7 Å². The Bertz CT molecular complexity index is 926. The van der Waals surface area contributed by atoms with Crippen LogP contribution in [-0.4, -0.2) is 34.5 Å². The Labute approximate surface area is 163 Å². The number of hydrogen-bond acceptors (Lipinski definition) is 7. The molecule has 1 atom stereocenters. The van der Waals surface area contributed by atoms with E-state index in [9.17, 15) is 18.0 Å². The molecular formula is C17H19F3N6OS. The quantitative estimate of drug-likeness (QED) is 0.697. The minimum absolute atomic E-state index is 0.0514. The number of alkyl halides is 3. The summed E-state index contributed by atoms with van der Waals surface area (Å²) in [4.78, 5) is 24.8. The van der Waals surface area contributed by atoms with Gasteiger partial charge in [0.1, 0.15) is 21.4 Å². The van der Waals surface area contributed by atoms with Crippen molar-refractivity contribution in [3.8, 4) is 0 Å². The van der Waals surface area contributed by atoms with Crippen molar-refractivity contribution in [3.63, 3.8) is 0 Å². The summed E-state index contributed by atoms with van der Waals surface area (Å²) in [6, 6.07) is 0. The summed E-state index contributed by atoms with van der Waals surface area (Å²) in [5.41, 5.74) is -0.788. The van der Waals surface area contributed by atoms with Gasteiger partial charge in [0, 0.05) is 25.7 Å². The third-order valence-corrected chi connectivity index (χ3v) is 6.31. The molecule has 0 aromatic carbocycles. The molecule has 0 radical (unpaired) electrons. The summed E-state index contributed by atoms with van der Waals surface area (Å²) in [5, 5.41) is 9.70.